The zero-order valence-electron chi connectivity index (χ0n) is 16.1. The van der Waals surface area contributed by atoms with Gasteiger partial charge in [0.1, 0.15) is 5.84 Å². The highest BCUT2D eigenvalue weighted by molar-refractivity contribution is 7.80. The largest absolute Gasteiger partial charge is 0.387 e. The van der Waals surface area contributed by atoms with Gasteiger partial charge in [-0.05, 0) is 70.0 Å². The molecule has 0 saturated carbocycles. The van der Waals surface area contributed by atoms with Gasteiger partial charge in [-0.15, -0.1) is 0 Å². The lowest BCUT2D eigenvalue weighted by atomic mass is 10.1. The van der Waals surface area contributed by atoms with E-state index in [1.807, 2.05) is 24.3 Å². The molecule has 0 aliphatic rings. The highest BCUT2D eigenvalue weighted by Crippen LogP contribution is 2.14. The van der Waals surface area contributed by atoms with Gasteiger partial charge >= 0.3 is 0 Å². The molecule has 0 aliphatic heterocycles. The monoisotopic (exact) mass is 396 g/mol. The van der Waals surface area contributed by atoms with E-state index in [9.17, 15) is 0 Å². The molecule has 4 nitrogen and oxygen atoms in total. The Kier molecular flexibility index (Phi) is 12.3. The topological polar surface area (TPSA) is 53.6 Å². The van der Waals surface area contributed by atoms with Crippen LogP contribution in [0.3, 0.4) is 0 Å². The summed E-state index contributed by atoms with van der Waals surface area (Å²) >= 11 is 11.1. The predicted molar refractivity (Wildman–Crippen MR) is 119 cm³/mol. The van der Waals surface area contributed by atoms with Gasteiger partial charge in [-0.1, -0.05) is 50.1 Å². The minimum atomic E-state index is 0.391. The van der Waals surface area contributed by atoms with Crippen molar-refractivity contribution in [2.75, 3.05) is 26.0 Å². The molecule has 6 heteroatoms. The van der Waals surface area contributed by atoms with Crippen molar-refractivity contribution in [2.24, 2.45) is 10.7 Å². The quantitative estimate of drug-likeness (QED) is 0.213. The van der Waals surface area contributed by atoms with E-state index < -0.39 is 0 Å². The fourth-order valence-corrected chi connectivity index (χ4v) is 3.03. The second-order valence-electron chi connectivity index (χ2n) is 6.92. The number of halogens is 1. The van der Waals surface area contributed by atoms with Crippen LogP contribution >= 0.6 is 23.8 Å². The van der Waals surface area contributed by atoms with Crippen molar-refractivity contribution in [2.45, 2.75) is 57.8 Å². The second kappa shape index (κ2) is 14.0. The van der Waals surface area contributed by atoms with Crippen LogP contribution in [0.4, 0.5) is 5.69 Å². The van der Waals surface area contributed by atoms with Crippen LogP contribution in [-0.4, -0.2) is 36.5 Å². The highest BCUT2D eigenvalue weighted by atomic mass is 35.5. The van der Waals surface area contributed by atoms with Crippen molar-refractivity contribution in [1.29, 1.82) is 0 Å². The number of anilines is 1. The first-order valence-corrected chi connectivity index (χ1v) is 10.3. The molecule has 0 amide bonds. The van der Waals surface area contributed by atoms with Crippen LogP contribution in [0.1, 0.15) is 57.8 Å². The van der Waals surface area contributed by atoms with Crippen molar-refractivity contribution in [3.05, 3.63) is 29.3 Å². The minimum absolute atomic E-state index is 0.391. The van der Waals surface area contributed by atoms with Gasteiger partial charge in [0.2, 0.25) is 0 Å². The second-order valence-corrected chi connectivity index (χ2v) is 7.75. The molecule has 1 aromatic carbocycles. The molecule has 0 atom stereocenters. The first-order valence-electron chi connectivity index (χ1n) is 9.51. The summed E-state index contributed by atoms with van der Waals surface area (Å²) in [4.78, 5) is 6.51. The van der Waals surface area contributed by atoms with Crippen LogP contribution in [0.2, 0.25) is 5.02 Å². The molecule has 0 bridgehead atoms. The SMILES string of the molecule is CN(C)CCCCCCCCCCC(N)=NC(=S)Nc1ccc(Cl)cc1. The predicted octanol–water partition coefficient (Wildman–Crippen LogP) is 5.47. The third kappa shape index (κ3) is 12.2. The number of aliphatic imine (C=N–C) groups is 1. The lowest BCUT2D eigenvalue weighted by molar-refractivity contribution is 0.389. The third-order valence-electron chi connectivity index (χ3n) is 4.13. The molecule has 0 unspecified atom stereocenters. The van der Waals surface area contributed by atoms with Crippen molar-refractivity contribution >= 4 is 40.5 Å². The summed E-state index contributed by atoms with van der Waals surface area (Å²) in [5, 5.41) is 4.13. The van der Waals surface area contributed by atoms with Crippen LogP contribution in [-0.2, 0) is 0 Å². The zero-order valence-corrected chi connectivity index (χ0v) is 17.7. The number of nitrogens with one attached hydrogen (secondary N) is 1. The summed E-state index contributed by atoms with van der Waals surface area (Å²) < 4.78 is 0. The zero-order chi connectivity index (χ0) is 19.2. The van der Waals surface area contributed by atoms with Gasteiger partial charge in [-0.25, -0.2) is 4.99 Å². The molecule has 26 heavy (non-hydrogen) atoms. The van der Waals surface area contributed by atoms with E-state index >= 15 is 0 Å². The first kappa shape index (κ1) is 22.9. The van der Waals surface area contributed by atoms with E-state index in [2.05, 4.69) is 29.3 Å². The molecule has 0 aliphatic carbocycles. The van der Waals surface area contributed by atoms with Gasteiger partial charge in [-0.2, -0.15) is 0 Å². The van der Waals surface area contributed by atoms with Crippen molar-refractivity contribution in [1.82, 2.24) is 4.90 Å². The normalized spacial score (nSPS) is 11.8. The van der Waals surface area contributed by atoms with Crippen LogP contribution in [0.5, 0.6) is 0 Å². The Morgan fingerprint density at radius 2 is 1.54 bits per heavy atom. The Balaban J connectivity index is 2.05. The Hall–Kier alpha value is -1.17. The van der Waals surface area contributed by atoms with Gasteiger partial charge in [0, 0.05) is 17.1 Å². The summed E-state index contributed by atoms with van der Waals surface area (Å²) in [5.74, 6) is 0.597. The Bertz CT molecular complexity index is 543. The summed E-state index contributed by atoms with van der Waals surface area (Å²) in [6.45, 7) is 1.20. The van der Waals surface area contributed by atoms with E-state index in [4.69, 9.17) is 29.6 Å². The molecular formula is C20H33ClN4S. The Morgan fingerprint density at radius 3 is 2.12 bits per heavy atom. The van der Waals surface area contributed by atoms with Gasteiger partial charge < -0.3 is 16.0 Å². The Morgan fingerprint density at radius 1 is 1.00 bits per heavy atom. The lowest BCUT2D eigenvalue weighted by Crippen LogP contribution is -2.16. The fraction of sp³-hybridized carbons (Fsp3) is 0.600. The minimum Gasteiger partial charge on any atom is -0.387 e. The Labute approximate surface area is 169 Å². The first-order chi connectivity index (χ1) is 12.5. The average molecular weight is 397 g/mol. The van der Waals surface area contributed by atoms with Crippen molar-refractivity contribution in [3.8, 4) is 0 Å². The van der Waals surface area contributed by atoms with Crippen molar-refractivity contribution < 1.29 is 0 Å². The van der Waals surface area contributed by atoms with E-state index in [-0.39, 0.29) is 0 Å². The summed E-state index contributed by atoms with van der Waals surface area (Å²) in [6, 6.07) is 7.34. The van der Waals surface area contributed by atoms with Gasteiger partial charge in [0.15, 0.2) is 5.11 Å². The van der Waals surface area contributed by atoms with Crippen LogP contribution in [0, 0.1) is 0 Å². The number of hydrogen-bond acceptors (Lipinski definition) is 2. The standard InChI is InChI=1S/C20H33ClN4S/c1-25(2)16-10-8-6-4-3-5-7-9-11-19(22)24-20(26)23-18-14-12-17(21)13-15-18/h12-15H,3-11,16H2,1-2H3,(H3,22,23,24,26). The average Bonchev–Trinajstić information content (AvgIpc) is 2.58. The molecule has 1 rings (SSSR count). The van der Waals surface area contributed by atoms with E-state index in [1.54, 1.807) is 0 Å². The maximum absolute atomic E-state index is 5.97. The molecule has 0 saturated heterocycles. The van der Waals surface area contributed by atoms with Crippen LogP contribution < -0.4 is 11.1 Å². The van der Waals surface area contributed by atoms with Gasteiger partial charge in [-0.3, -0.25) is 0 Å². The maximum Gasteiger partial charge on any atom is 0.198 e. The number of benzene rings is 1. The number of thiocarbonyl (C=S) groups is 1. The third-order valence-corrected chi connectivity index (χ3v) is 4.57. The van der Waals surface area contributed by atoms with Crippen LogP contribution in [0.15, 0.2) is 29.3 Å². The molecule has 0 heterocycles. The van der Waals surface area contributed by atoms with Gasteiger partial charge in [0.05, 0.1) is 0 Å². The van der Waals surface area contributed by atoms with E-state index in [0.717, 1.165) is 18.5 Å². The van der Waals surface area contributed by atoms with Gasteiger partial charge in [0.25, 0.3) is 0 Å². The molecule has 3 N–H and O–H groups in total. The fourth-order valence-electron chi connectivity index (χ4n) is 2.67. The smallest absolute Gasteiger partial charge is 0.198 e. The molecule has 0 spiro atoms. The summed E-state index contributed by atoms with van der Waals surface area (Å²) in [6.07, 6.45) is 11.0. The number of amidine groups is 1. The summed E-state index contributed by atoms with van der Waals surface area (Å²) in [7, 11) is 4.27. The number of rotatable bonds is 12. The molecular weight excluding hydrogens is 364 g/mol. The maximum atomic E-state index is 5.97. The van der Waals surface area contributed by atoms with E-state index in [0.29, 0.717) is 16.0 Å². The van der Waals surface area contributed by atoms with Crippen LogP contribution in [0.25, 0.3) is 0 Å². The molecule has 0 aromatic heterocycles. The molecule has 0 radical (unpaired) electrons. The highest BCUT2D eigenvalue weighted by Gasteiger charge is 2.00. The molecule has 0 fully saturated rings. The number of unbranched alkanes of at least 4 members (excludes halogenated alkanes) is 7. The van der Waals surface area contributed by atoms with E-state index in [1.165, 1.54) is 51.5 Å². The molecule has 146 valence electrons. The number of hydrogen-bond donors (Lipinski definition) is 2. The number of nitrogens with zero attached hydrogens (tertiary/aromatic N) is 2. The number of nitrogens with two attached hydrogens (primary N) is 1. The molecule has 1 aromatic rings. The summed E-state index contributed by atoms with van der Waals surface area (Å²) in [5.41, 5.74) is 6.83. The van der Waals surface area contributed by atoms with Crippen molar-refractivity contribution in [3.63, 3.8) is 0 Å². The lowest BCUT2D eigenvalue weighted by Gasteiger charge is -2.08.